The fourth-order valence-corrected chi connectivity index (χ4v) is 3.47. The summed E-state index contributed by atoms with van der Waals surface area (Å²) >= 11 is 6.08. The zero-order chi connectivity index (χ0) is 13.2. The second-order valence-electron chi connectivity index (χ2n) is 5.64. The first-order chi connectivity index (χ1) is 9.20. The molecule has 2 saturated heterocycles. The number of piperidine rings is 1. The summed E-state index contributed by atoms with van der Waals surface area (Å²) in [6.07, 6.45) is 5.00. The quantitative estimate of drug-likeness (QED) is 0.891. The van der Waals surface area contributed by atoms with Gasteiger partial charge in [-0.1, -0.05) is 29.8 Å². The van der Waals surface area contributed by atoms with Gasteiger partial charge in [0.05, 0.1) is 6.42 Å². The summed E-state index contributed by atoms with van der Waals surface area (Å²) in [7, 11) is 0. The third kappa shape index (κ3) is 3.10. The van der Waals surface area contributed by atoms with E-state index in [1.54, 1.807) is 0 Å². The molecule has 2 atom stereocenters. The largest absolute Gasteiger partial charge is 0.353 e. The minimum Gasteiger partial charge on any atom is -0.353 e. The van der Waals surface area contributed by atoms with Gasteiger partial charge < -0.3 is 10.6 Å². The highest BCUT2D eigenvalue weighted by Crippen LogP contribution is 2.26. The molecule has 2 unspecified atom stereocenters. The Balaban J connectivity index is 1.56. The molecule has 3 rings (SSSR count). The van der Waals surface area contributed by atoms with Gasteiger partial charge in [-0.05, 0) is 37.3 Å². The normalized spacial score (nSPS) is 29.2. The average Bonchev–Trinajstić information content (AvgIpc) is 2.72. The lowest BCUT2D eigenvalue weighted by atomic mass is 9.99. The standard InChI is InChI=1S/C15H19ClN2O/c16-14-4-2-1-3-10(14)7-15(19)18-13-8-11-5-6-12(9-13)17-11/h1-4,11-13,17H,5-9H2,(H,18,19). The van der Waals surface area contributed by atoms with Crippen molar-refractivity contribution < 1.29 is 4.79 Å². The third-order valence-corrected chi connectivity index (χ3v) is 4.52. The van der Waals surface area contributed by atoms with Gasteiger partial charge in [-0.15, -0.1) is 0 Å². The maximum Gasteiger partial charge on any atom is 0.224 e. The molecule has 1 aromatic carbocycles. The van der Waals surface area contributed by atoms with Crippen LogP contribution in [-0.4, -0.2) is 24.0 Å². The monoisotopic (exact) mass is 278 g/mol. The van der Waals surface area contributed by atoms with Crippen molar-refractivity contribution in [3.05, 3.63) is 34.9 Å². The molecule has 4 heteroatoms. The van der Waals surface area contributed by atoms with Crippen molar-refractivity contribution in [3.63, 3.8) is 0 Å². The summed E-state index contributed by atoms with van der Waals surface area (Å²) < 4.78 is 0. The van der Waals surface area contributed by atoms with Crippen LogP contribution in [0.1, 0.15) is 31.2 Å². The number of rotatable bonds is 3. The second kappa shape index (κ2) is 5.51. The van der Waals surface area contributed by atoms with Crippen LogP contribution >= 0.6 is 11.6 Å². The highest BCUT2D eigenvalue weighted by molar-refractivity contribution is 6.31. The summed E-state index contributed by atoms with van der Waals surface area (Å²) in [4.78, 5) is 12.1. The van der Waals surface area contributed by atoms with Crippen LogP contribution in [0.5, 0.6) is 0 Å². The molecule has 2 N–H and O–H groups in total. The fraction of sp³-hybridized carbons (Fsp3) is 0.533. The molecule has 0 saturated carbocycles. The smallest absolute Gasteiger partial charge is 0.224 e. The number of carbonyl (C=O) groups excluding carboxylic acids is 1. The zero-order valence-corrected chi connectivity index (χ0v) is 11.6. The highest BCUT2D eigenvalue weighted by atomic mass is 35.5. The van der Waals surface area contributed by atoms with Gasteiger partial charge in [-0.3, -0.25) is 4.79 Å². The molecule has 2 aliphatic heterocycles. The number of hydrogen-bond acceptors (Lipinski definition) is 2. The van der Waals surface area contributed by atoms with E-state index in [-0.39, 0.29) is 5.91 Å². The van der Waals surface area contributed by atoms with E-state index in [0.29, 0.717) is 29.6 Å². The Labute approximate surface area is 118 Å². The van der Waals surface area contributed by atoms with Crippen molar-refractivity contribution in [3.8, 4) is 0 Å². The van der Waals surface area contributed by atoms with E-state index in [2.05, 4.69) is 10.6 Å². The molecule has 2 fully saturated rings. The Morgan fingerprint density at radius 3 is 2.63 bits per heavy atom. The van der Waals surface area contributed by atoms with Crippen molar-refractivity contribution in [2.24, 2.45) is 0 Å². The molecule has 19 heavy (non-hydrogen) atoms. The third-order valence-electron chi connectivity index (χ3n) is 4.15. The molecular weight excluding hydrogens is 260 g/mol. The van der Waals surface area contributed by atoms with Gasteiger partial charge in [0.15, 0.2) is 0 Å². The van der Waals surface area contributed by atoms with E-state index in [9.17, 15) is 4.79 Å². The van der Waals surface area contributed by atoms with Crippen molar-refractivity contribution in [2.75, 3.05) is 0 Å². The average molecular weight is 279 g/mol. The Hall–Kier alpha value is -1.06. The van der Waals surface area contributed by atoms with Crippen LogP contribution in [0.25, 0.3) is 0 Å². The predicted octanol–water partition coefficient (Wildman–Crippen LogP) is 2.28. The number of benzene rings is 1. The van der Waals surface area contributed by atoms with Crippen LogP contribution in [0.4, 0.5) is 0 Å². The van der Waals surface area contributed by atoms with Gasteiger partial charge in [-0.25, -0.2) is 0 Å². The number of fused-ring (bicyclic) bond motifs is 2. The van der Waals surface area contributed by atoms with Gasteiger partial charge in [0.2, 0.25) is 5.91 Å². The minimum atomic E-state index is 0.0828. The zero-order valence-electron chi connectivity index (χ0n) is 10.9. The summed E-state index contributed by atoms with van der Waals surface area (Å²) in [6, 6.07) is 9.07. The summed E-state index contributed by atoms with van der Waals surface area (Å²) in [5.74, 6) is 0.0828. The van der Waals surface area contributed by atoms with E-state index >= 15 is 0 Å². The van der Waals surface area contributed by atoms with E-state index in [1.165, 1.54) is 12.8 Å². The predicted molar refractivity (Wildman–Crippen MR) is 76.3 cm³/mol. The van der Waals surface area contributed by atoms with Crippen LogP contribution in [-0.2, 0) is 11.2 Å². The Morgan fingerprint density at radius 1 is 1.26 bits per heavy atom. The van der Waals surface area contributed by atoms with Crippen molar-refractivity contribution >= 4 is 17.5 Å². The molecule has 0 radical (unpaired) electrons. The van der Waals surface area contributed by atoms with E-state index in [0.717, 1.165) is 18.4 Å². The first-order valence-electron chi connectivity index (χ1n) is 6.99. The Morgan fingerprint density at radius 2 is 1.95 bits per heavy atom. The molecule has 0 aliphatic carbocycles. The van der Waals surface area contributed by atoms with E-state index < -0.39 is 0 Å². The fourth-order valence-electron chi connectivity index (χ4n) is 3.27. The molecule has 1 aromatic rings. The molecule has 2 bridgehead atoms. The summed E-state index contributed by atoms with van der Waals surface area (Å²) in [6.45, 7) is 0. The molecule has 1 amide bonds. The summed E-state index contributed by atoms with van der Waals surface area (Å²) in [5, 5.41) is 7.41. The van der Waals surface area contributed by atoms with Gasteiger partial charge in [0.1, 0.15) is 0 Å². The van der Waals surface area contributed by atoms with Crippen LogP contribution in [0.3, 0.4) is 0 Å². The van der Waals surface area contributed by atoms with Crippen LogP contribution in [0.15, 0.2) is 24.3 Å². The molecule has 102 valence electrons. The highest BCUT2D eigenvalue weighted by Gasteiger charge is 2.33. The van der Waals surface area contributed by atoms with Gasteiger partial charge >= 0.3 is 0 Å². The topological polar surface area (TPSA) is 41.1 Å². The molecule has 0 aromatic heterocycles. The number of amides is 1. The molecule has 2 heterocycles. The van der Waals surface area contributed by atoms with Crippen LogP contribution in [0.2, 0.25) is 5.02 Å². The summed E-state index contributed by atoms with van der Waals surface area (Å²) in [5.41, 5.74) is 0.901. The maximum atomic E-state index is 12.1. The number of halogens is 1. The van der Waals surface area contributed by atoms with Gasteiger partial charge in [0.25, 0.3) is 0 Å². The Kier molecular flexibility index (Phi) is 3.76. The van der Waals surface area contributed by atoms with E-state index in [1.807, 2.05) is 24.3 Å². The number of carbonyl (C=O) groups is 1. The molecule has 3 nitrogen and oxygen atoms in total. The number of nitrogens with one attached hydrogen (secondary N) is 2. The molecule has 0 spiro atoms. The van der Waals surface area contributed by atoms with Crippen molar-refractivity contribution in [2.45, 2.75) is 50.2 Å². The lowest BCUT2D eigenvalue weighted by Gasteiger charge is -2.29. The number of hydrogen-bond donors (Lipinski definition) is 2. The van der Waals surface area contributed by atoms with Crippen molar-refractivity contribution in [1.82, 2.24) is 10.6 Å². The van der Waals surface area contributed by atoms with E-state index in [4.69, 9.17) is 11.6 Å². The first-order valence-corrected chi connectivity index (χ1v) is 7.37. The van der Waals surface area contributed by atoms with Crippen LogP contribution in [0, 0.1) is 0 Å². The van der Waals surface area contributed by atoms with Crippen LogP contribution < -0.4 is 10.6 Å². The Bertz CT molecular complexity index is 465. The minimum absolute atomic E-state index is 0.0828. The van der Waals surface area contributed by atoms with Gasteiger partial charge in [0, 0.05) is 23.1 Å². The molecular formula is C15H19ClN2O. The maximum absolute atomic E-state index is 12.1. The molecule has 2 aliphatic rings. The first kappa shape index (κ1) is 12.9. The lowest BCUT2D eigenvalue weighted by Crippen LogP contribution is -2.48. The SMILES string of the molecule is O=C(Cc1ccccc1Cl)NC1CC2CCC(C1)N2. The van der Waals surface area contributed by atoms with Crippen molar-refractivity contribution in [1.29, 1.82) is 0 Å². The van der Waals surface area contributed by atoms with Gasteiger partial charge in [-0.2, -0.15) is 0 Å². The second-order valence-corrected chi connectivity index (χ2v) is 6.05. The lowest BCUT2D eigenvalue weighted by molar-refractivity contribution is -0.121.